The second-order valence-electron chi connectivity index (χ2n) is 6.44. The molecule has 0 unspecified atom stereocenters. The maximum absolute atomic E-state index is 4.80. The van der Waals surface area contributed by atoms with E-state index in [9.17, 15) is 0 Å². The highest BCUT2D eigenvalue weighted by molar-refractivity contribution is 14.0. The highest BCUT2D eigenvalue weighted by Gasteiger charge is 2.53. The SMILES string of the molecule is CCNC(=NCC1(C2CC2)CC1)NCCC(C)C.I. The van der Waals surface area contributed by atoms with Gasteiger partial charge in [0.2, 0.25) is 0 Å². The van der Waals surface area contributed by atoms with Crippen LogP contribution in [0.2, 0.25) is 0 Å². The second-order valence-corrected chi connectivity index (χ2v) is 6.44. The first kappa shape index (κ1) is 17.1. The van der Waals surface area contributed by atoms with Crippen LogP contribution < -0.4 is 10.6 Å². The van der Waals surface area contributed by atoms with Gasteiger partial charge in [0.05, 0.1) is 0 Å². The number of rotatable bonds is 7. The molecule has 0 atom stereocenters. The van der Waals surface area contributed by atoms with Gasteiger partial charge in [-0.2, -0.15) is 0 Å². The van der Waals surface area contributed by atoms with Crippen molar-refractivity contribution in [2.75, 3.05) is 19.6 Å². The minimum Gasteiger partial charge on any atom is -0.357 e. The average Bonchev–Trinajstić information content (AvgIpc) is 3.15. The van der Waals surface area contributed by atoms with Crippen molar-refractivity contribution in [3.8, 4) is 0 Å². The summed E-state index contributed by atoms with van der Waals surface area (Å²) in [5, 5.41) is 6.81. The van der Waals surface area contributed by atoms with Gasteiger partial charge in [-0.3, -0.25) is 4.99 Å². The molecule has 0 aromatic rings. The van der Waals surface area contributed by atoms with E-state index in [1.54, 1.807) is 0 Å². The zero-order valence-electron chi connectivity index (χ0n) is 12.7. The molecular formula is C15H30IN3. The maximum Gasteiger partial charge on any atom is 0.191 e. The summed E-state index contributed by atoms with van der Waals surface area (Å²) in [6, 6.07) is 0. The minimum absolute atomic E-state index is 0. The van der Waals surface area contributed by atoms with E-state index in [1.165, 1.54) is 32.1 Å². The van der Waals surface area contributed by atoms with Gasteiger partial charge in [0.15, 0.2) is 5.96 Å². The number of hydrogen-bond acceptors (Lipinski definition) is 1. The fraction of sp³-hybridized carbons (Fsp3) is 0.933. The van der Waals surface area contributed by atoms with Crippen LogP contribution in [0.15, 0.2) is 4.99 Å². The van der Waals surface area contributed by atoms with Crippen LogP contribution in [0.5, 0.6) is 0 Å². The molecule has 2 saturated carbocycles. The van der Waals surface area contributed by atoms with Gasteiger partial charge in [-0.1, -0.05) is 13.8 Å². The van der Waals surface area contributed by atoms with E-state index < -0.39 is 0 Å². The van der Waals surface area contributed by atoms with E-state index >= 15 is 0 Å². The summed E-state index contributed by atoms with van der Waals surface area (Å²) in [5.74, 6) is 2.77. The molecule has 0 heterocycles. The molecule has 2 rings (SSSR count). The van der Waals surface area contributed by atoms with Crippen molar-refractivity contribution in [2.45, 2.75) is 52.9 Å². The lowest BCUT2D eigenvalue weighted by atomic mass is 10.0. The summed E-state index contributed by atoms with van der Waals surface area (Å²) >= 11 is 0. The van der Waals surface area contributed by atoms with Gasteiger partial charge in [0.1, 0.15) is 0 Å². The number of hydrogen-bond donors (Lipinski definition) is 2. The predicted octanol–water partition coefficient (Wildman–Crippen LogP) is 3.40. The fourth-order valence-electron chi connectivity index (χ4n) is 2.61. The van der Waals surface area contributed by atoms with E-state index in [0.29, 0.717) is 5.41 Å². The molecule has 0 aromatic heterocycles. The zero-order valence-corrected chi connectivity index (χ0v) is 15.0. The van der Waals surface area contributed by atoms with Crippen molar-refractivity contribution in [1.29, 1.82) is 0 Å². The summed E-state index contributed by atoms with van der Waals surface area (Å²) in [6.07, 6.45) is 6.93. The first-order valence-electron chi connectivity index (χ1n) is 7.68. The Kier molecular flexibility index (Phi) is 6.91. The predicted molar refractivity (Wildman–Crippen MR) is 93.2 cm³/mol. The largest absolute Gasteiger partial charge is 0.357 e. The van der Waals surface area contributed by atoms with Crippen LogP contribution in [0.1, 0.15) is 52.9 Å². The van der Waals surface area contributed by atoms with Gasteiger partial charge < -0.3 is 10.6 Å². The molecule has 2 aliphatic rings. The van der Waals surface area contributed by atoms with Crippen molar-refractivity contribution in [2.24, 2.45) is 22.2 Å². The van der Waals surface area contributed by atoms with Gasteiger partial charge in [0, 0.05) is 19.6 Å². The van der Waals surface area contributed by atoms with E-state index in [0.717, 1.165) is 37.4 Å². The Morgan fingerprint density at radius 3 is 2.42 bits per heavy atom. The van der Waals surface area contributed by atoms with Gasteiger partial charge >= 0.3 is 0 Å². The molecular weight excluding hydrogens is 349 g/mol. The molecule has 0 spiro atoms. The number of nitrogens with zero attached hydrogens (tertiary/aromatic N) is 1. The molecule has 0 amide bonds. The summed E-state index contributed by atoms with van der Waals surface area (Å²) in [6.45, 7) is 9.67. The van der Waals surface area contributed by atoms with Crippen LogP contribution in [-0.4, -0.2) is 25.6 Å². The summed E-state index contributed by atoms with van der Waals surface area (Å²) in [4.78, 5) is 4.80. The first-order chi connectivity index (χ1) is 8.66. The molecule has 0 bridgehead atoms. The van der Waals surface area contributed by atoms with Crippen LogP contribution >= 0.6 is 24.0 Å². The molecule has 2 N–H and O–H groups in total. The van der Waals surface area contributed by atoms with Crippen molar-refractivity contribution in [3.05, 3.63) is 0 Å². The van der Waals surface area contributed by atoms with Crippen LogP contribution in [0.3, 0.4) is 0 Å². The molecule has 112 valence electrons. The zero-order chi connectivity index (χ0) is 13.0. The number of nitrogens with one attached hydrogen (secondary N) is 2. The number of guanidine groups is 1. The lowest BCUT2D eigenvalue weighted by Gasteiger charge is -2.15. The van der Waals surface area contributed by atoms with Crippen LogP contribution in [-0.2, 0) is 0 Å². The molecule has 19 heavy (non-hydrogen) atoms. The summed E-state index contributed by atoms with van der Waals surface area (Å²) in [5.41, 5.74) is 0.612. The second kappa shape index (κ2) is 7.70. The quantitative estimate of drug-likeness (QED) is 0.404. The molecule has 2 fully saturated rings. The van der Waals surface area contributed by atoms with Crippen molar-refractivity contribution < 1.29 is 0 Å². The number of aliphatic imine (C=N–C) groups is 1. The fourth-order valence-corrected chi connectivity index (χ4v) is 2.61. The molecule has 0 aliphatic heterocycles. The molecule has 2 aliphatic carbocycles. The van der Waals surface area contributed by atoms with Crippen molar-refractivity contribution in [3.63, 3.8) is 0 Å². The third kappa shape index (κ3) is 5.48. The Balaban J connectivity index is 0.00000180. The summed E-state index contributed by atoms with van der Waals surface area (Å²) in [7, 11) is 0. The van der Waals surface area contributed by atoms with E-state index in [1.807, 2.05) is 0 Å². The lowest BCUT2D eigenvalue weighted by molar-refractivity contribution is 0.452. The van der Waals surface area contributed by atoms with Crippen molar-refractivity contribution >= 4 is 29.9 Å². The first-order valence-corrected chi connectivity index (χ1v) is 7.68. The Morgan fingerprint density at radius 1 is 1.26 bits per heavy atom. The molecule has 0 aromatic carbocycles. The van der Waals surface area contributed by atoms with E-state index in [2.05, 4.69) is 31.4 Å². The molecule has 4 heteroatoms. The Hall–Kier alpha value is 0. The normalized spacial score (nSPS) is 20.9. The standard InChI is InChI=1S/C15H29N3.HI/c1-4-16-14(17-10-7-12(2)3)18-11-15(8-9-15)13-5-6-13;/h12-13H,4-11H2,1-3H3,(H2,16,17,18);1H. The van der Waals surface area contributed by atoms with E-state index in [-0.39, 0.29) is 24.0 Å². The van der Waals surface area contributed by atoms with Crippen LogP contribution in [0.4, 0.5) is 0 Å². The lowest BCUT2D eigenvalue weighted by Crippen LogP contribution is -2.38. The van der Waals surface area contributed by atoms with Crippen LogP contribution in [0.25, 0.3) is 0 Å². The Bertz CT molecular complexity index is 294. The summed E-state index contributed by atoms with van der Waals surface area (Å²) < 4.78 is 0. The third-order valence-electron chi connectivity index (χ3n) is 4.25. The average molecular weight is 379 g/mol. The van der Waals surface area contributed by atoms with Crippen LogP contribution in [0, 0.1) is 17.3 Å². The Labute approximate surface area is 135 Å². The van der Waals surface area contributed by atoms with Gasteiger partial charge in [0.25, 0.3) is 0 Å². The van der Waals surface area contributed by atoms with Gasteiger partial charge in [-0.15, -0.1) is 24.0 Å². The molecule has 3 nitrogen and oxygen atoms in total. The van der Waals surface area contributed by atoms with E-state index in [4.69, 9.17) is 4.99 Å². The minimum atomic E-state index is 0. The monoisotopic (exact) mass is 379 g/mol. The maximum atomic E-state index is 4.80. The molecule has 0 radical (unpaired) electrons. The van der Waals surface area contributed by atoms with Crippen molar-refractivity contribution in [1.82, 2.24) is 10.6 Å². The highest BCUT2D eigenvalue weighted by atomic mass is 127. The number of halogens is 1. The molecule has 0 saturated heterocycles. The van der Waals surface area contributed by atoms with Gasteiger partial charge in [-0.05, 0) is 56.3 Å². The van der Waals surface area contributed by atoms with Gasteiger partial charge in [-0.25, -0.2) is 0 Å². The highest BCUT2D eigenvalue weighted by Crippen LogP contribution is 2.61. The smallest absolute Gasteiger partial charge is 0.191 e. The topological polar surface area (TPSA) is 36.4 Å². The Morgan fingerprint density at radius 2 is 1.95 bits per heavy atom. The third-order valence-corrected chi connectivity index (χ3v) is 4.25.